The van der Waals surface area contributed by atoms with Crippen LogP contribution in [0, 0.1) is 0 Å². The number of carbonyl (C=O) groups is 1. The minimum Gasteiger partial charge on any atom is -0.475 e. The van der Waals surface area contributed by atoms with E-state index in [-0.39, 0.29) is 17.6 Å². The number of hydrogen-bond acceptors (Lipinski definition) is 3. The van der Waals surface area contributed by atoms with Crippen molar-refractivity contribution in [3.8, 4) is 11.5 Å². The Labute approximate surface area is 119 Å². The van der Waals surface area contributed by atoms with Gasteiger partial charge in [0.15, 0.2) is 0 Å². The summed E-state index contributed by atoms with van der Waals surface area (Å²) in [6.07, 6.45) is 1.87. The first-order valence-corrected chi connectivity index (χ1v) is 6.52. The molecule has 98 valence electrons. The van der Waals surface area contributed by atoms with Gasteiger partial charge >= 0.3 is 5.97 Å². The molecule has 3 rings (SSSR count). The second-order valence-electron chi connectivity index (χ2n) is 4.41. The first-order valence-electron chi connectivity index (χ1n) is 5.76. The normalized spacial score (nSPS) is 14.6. The third-order valence-corrected chi connectivity index (χ3v) is 3.62. The summed E-state index contributed by atoms with van der Waals surface area (Å²) >= 11 is 12.1. The van der Waals surface area contributed by atoms with Crippen molar-refractivity contribution in [2.45, 2.75) is 18.8 Å². The van der Waals surface area contributed by atoms with Crippen LogP contribution in [-0.2, 0) is 0 Å². The molecule has 0 radical (unpaired) electrons. The fraction of sp³-hybridized carbons (Fsp3) is 0.231. The highest BCUT2D eigenvalue weighted by Gasteiger charge is 2.34. The lowest BCUT2D eigenvalue weighted by Gasteiger charge is -2.01. The van der Waals surface area contributed by atoms with Crippen LogP contribution in [0.15, 0.2) is 22.6 Å². The maximum Gasteiger partial charge on any atom is 0.373 e. The summed E-state index contributed by atoms with van der Waals surface area (Å²) in [6, 6.07) is 5.02. The van der Waals surface area contributed by atoms with Gasteiger partial charge in [-0.2, -0.15) is 0 Å². The van der Waals surface area contributed by atoms with Gasteiger partial charge in [-0.15, -0.1) is 0 Å². The summed E-state index contributed by atoms with van der Waals surface area (Å²) in [4.78, 5) is 15.4. The molecule has 2 aromatic rings. The van der Waals surface area contributed by atoms with Crippen LogP contribution in [0.1, 0.15) is 35.0 Å². The zero-order chi connectivity index (χ0) is 13.6. The van der Waals surface area contributed by atoms with E-state index in [9.17, 15) is 4.79 Å². The second-order valence-corrected chi connectivity index (χ2v) is 5.22. The maximum absolute atomic E-state index is 11.2. The average molecular weight is 298 g/mol. The smallest absolute Gasteiger partial charge is 0.373 e. The van der Waals surface area contributed by atoms with Crippen molar-refractivity contribution in [2.75, 3.05) is 0 Å². The Kier molecular flexibility index (Phi) is 2.99. The summed E-state index contributed by atoms with van der Waals surface area (Å²) in [5.41, 5.74) is 0.915. The molecule has 0 unspecified atom stereocenters. The Morgan fingerprint density at radius 1 is 1.32 bits per heavy atom. The molecule has 0 atom stereocenters. The van der Waals surface area contributed by atoms with Crippen LogP contribution in [0.5, 0.6) is 0 Å². The number of hydrogen-bond donors (Lipinski definition) is 1. The van der Waals surface area contributed by atoms with Crippen LogP contribution in [0.2, 0.25) is 10.0 Å². The van der Waals surface area contributed by atoms with Crippen molar-refractivity contribution >= 4 is 29.2 Å². The van der Waals surface area contributed by atoms with Crippen molar-refractivity contribution in [1.29, 1.82) is 0 Å². The topological polar surface area (TPSA) is 63.3 Å². The number of rotatable bonds is 3. The molecule has 1 N–H and O–H groups in total. The van der Waals surface area contributed by atoms with Crippen LogP contribution in [0.3, 0.4) is 0 Å². The number of benzene rings is 1. The SMILES string of the molecule is O=C(O)c1oc(-c2c(Cl)cccc2Cl)nc1C1CC1. The largest absolute Gasteiger partial charge is 0.475 e. The van der Waals surface area contributed by atoms with Gasteiger partial charge in [0.05, 0.1) is 21.3 Å². The Balaban J connectivity index is 2.16. The summed E-state index contributed by atoms with van der Waals surface area (Å²) < 4.78 is 5.35. The van der Waals surface area contributed by atoms with Gasteiger partial charge in [0, 0.05) is 5.92 Å². The molecule has 1 aromatic heterocycles. The van der Waals surface area contributed by atoms with E-state index < -0.39 is 5.97 Å². The molecule has 0 aliphatic heterocycles. The van der Waals surface area contributed by atoms with Crippen LogP contribution in [0.4, 0.5) is 0 Å². The third-order valence-electron chi connectivity index (χ3n) is 2.99. The Bertz CT molecular complexity index is 642. The molecule has 0 bridgehead atoms. The summed E-state index contributed by atoms with van der Waals surface area (Å²) in [6.45, 7) is 0. The standard InChI is InChI=1S/C13H9Cl2NO3/c14-7-2-1-3-8(15)9(7)12-16-10(6-4-5-6)11(19-12)13(17)18/h1-3,6H,4-5H2,(H,17,18). The fourth-order valence-electron chi connectivity index (χ4n) is 1.93. The lowest BCUT2D eigenvalue weighted by molar-refractivity contribution is 0.0661. The summed E-state index contributed by atoms with van der Waals surface area (Å²) in [5.74, 6) is -0.905. The van der Waals surface area contributed by atoms with Crippen LogP contribution < -0.4 is 0 Å². The summed E-state index contributed by atoms with van der Waals surface area (Å²) in [7, 11) is 0. The summed E-state index contributed by atoms with van der Waals surface area (Å²) in [5, 5.41) is 9.91. The third kappa shape index (κ3) is 2.22. The highest BCUT2D eigenvalue weighted by Crippen LogP contribution is 2.43. The zero-order valence-corrected chi connectivity index (χ0v) is 11.2. The van der Waals surface area contributed by atoms with Gasteiger partial charge in [0.2, 0.25) is 11.7 Å². The van der Waals surface area contributed by atoms with Gasteiger partial charge in [0.25, 0.3) is 0 Å². The van der Waals surface area contributed by atoms with E-state index in [1.807, 2.05) is 0 Å². The van der Waals surface area contributed by atoms with E-state index in [1.165, 1.54) is 0 Å². The number of oxazole rings is 1. The van der Waals surface area contributed by atoms with E-state index in [0.717, 1.165) is 12.8 Å². The van der Waals surface area contributed by atoms with Gasteiger partial charge in [-0.3, -0.25) is 0 Å². The molecule has 1 heterocycles. The van der Waals surface area contributed by atoms with E-state index in [2.05, 4.69) is 4.98 Å². The van der Waals surface area contributed by atoms with Crippen molar-refractivity contribution < 1.29 is 14.3 Å². The monoisotopic (exact) mass is 297 g/mol. The van der Waals surface area contributed by atoms with Crippen LogP contribution >= 0.6 is 23.2 Å². The number of carboxylic acids is 1. The van der Waals surface area contributed by atoms with Crippen LogP contribution in [-0.4, -0.2) is 16.1 Å². The number of nitrogens with zero attached hydrogens (tertiary/aromatic N) is 1. The number of aromatic nitrogens is 1. The lowest BCUT2D eigenvalue weighted by atomic mass is 10.2. The molecule has 19 heavy (non-hydrogen) atoms. The number of carboxylic acid groups (broad SMARTS) is 1. The number of halogens is 2. The molecular formula is C13H9Cl2NO3. The molecule has 1 aliphatic rings. The van der Waals surface area contributed by atoms with E-state index >= 15 is 0 Å². The quantitative estimate of drug-likeness (QED) is 0.921. The molecule has 1 fully saturated rings. The first-order chi connectivity index (χ1) is 9.08. The van der Waals surface area contributed by atoms with E-state index in [4.69, 9.17) is 32.7 Å². The molecule has 1 aromatic carbocycles. The van der Waals surface area contributed by atoms with Gasteiger partial charge in [0.1, 0.15) is 0 Å². The van der Waals surface area contributed by atoms with Gasteiger partial charge in [-0.1, -0.05) is 29.3 Å². The highest BCUT2D eigenvalue weighted by atomic mass is 35.5. The number of aromatic carboxylic acids is 1. The Morgan fingerprint density at radius 2 is 1.95 bits per heavy atom. The minimum atomic E-state index is -1.12. The highest BCUT2D eigenvalue weighted by molar-refractivity contribution is 6.38. The zero-order valence-electron chi connectivity index (χ0n) is 9.69. The van der Waals surface area contributed by atoms with Crippen LogP contribution in [0.25, 0.3) is 11.5 Å². The first kappa shape index (κ1) is 12.5. The molecule has 0 saturated heterocycles. The lowest BCUT2D eigenvalue weighted by Crippen LogP contribution is -1.98. The predicted molar refractivity (Wildman–Crippen MR) is 70.9 cm³/mol. The van der Waals surface area contributed by atoms with Crippen molar-refractivity contribution in [1.82, 2.24) is 4.98 Å². The molecular weight excluding hydrogens is 289 g/mol. The molecule has 0 amide bonds. The molecule has 4 nitrogen and oxygen atoms in total. The van der Waals surface area contributed by atoms with Gasteiger partial charge in [-0.25, -0.2) is 9.78 Å². The van der Waals surface area contributed by atoms with Crippen molar-refractivity contribution in [3.63, 3.8) is 0 Å². The Hall–Kier alpha value is -1.52. The fourth-order valence-corrected chi connectivity index (χ4v) is 2.49. The van der Waals surface area contributed by atoms with Gasteiger partial charge < -0.3 is 9.52 Å². The average Bonchev–Trinajstić information content (AvgIpc) is 3.09. The molecule has 6 heteroatoms. The molecule has 1 saturated carbocycles. The minimum absolute atomic E-state index is 0.117. The van der Waals surface area contributed by atoms with Crippen molar-refractivity contribution in [2.24, 2.45) is 0 Å². The van der Waals surface area contributed by atoms with Crippen molar-refractivity contribution in [3.05, 3.63) is 39.7 Å². The van der Waals surface area contributed by atoms with E-state index in [0.29, 0.717) is 21.3 Å². The predicted octanol–water partition coefficient (Wildman–Crippen LogP) is 4.22. The Morgan fingerprint density at radius 3 is 2.47 bits per heavy atom. The van der Waals surface area contributed by atoms with Gasteiger partial charge in [-0.05, 0) is 25.0 Å². The maximum atomic E-state index is 11.2. The molecule has 0 spiro atoms. The van der Waals surface area contributed by atoms with E-state index in [1.54, 1.807) is 18.2 Å². The second kappa shape index (κ2) is 4.54. The molecule has 1 aliphatic carbocycles.